The molecule has 1 aromatic carbocycles. The Bertz CT molecular complexity index is 700. The molecule has 9 heteroatoms. The number of nitrogens with zero attached hydrogens (tertiary/aromatic N) is 3. The summed E-state index contributed by atoms with van der Waals surface area (Å²) in [4.78, 5) is 0. The lowest BCUT2D eigenvalue weighted by Crippen LogP contribution is -2.11. The summed E-state index contributed by atoms with van der Waals surface area (Å²) in [5, 5.41) is 7.30. The van der Waals surface area contributed by atoms with E-state index in [1.165, 1.54) is 11.7 Å². The first-order valence-corrected chi connectivity index (χ1v) is 8.66. The van der Waals surface area contributed by atoms with Gasteiger partial charge < -0.3 is 4.74 Å². The smallest absolute Gasteiger partial charge is 0.296 e. The van der Waals surface area contributed by atoms with E-state index in [1.807, 2.05) is 24.3 Å². The van der Waals surface area contributed by atoms with Gasteiger partial charge in [-0.05, 0) is 12.1 Å². The van der Waals surface area contributed by atoms with E-state index in [4.69, 9.17) is 15.4 Å². The highest BCUT2D eigenvalue weighted by Crippen LogP contribution is 2.23. The van der Waals surface area contributed by atoms with Crippen LogP contribution in [-0.4, -0.2) is 36.9 Å². The van der Waals surface area contributed by atoms with Crippen LogP contribution in [0.15, 0.2) is 33.9 Å². The van der Waals surface area contributed by atoms with Crippen LogP contribution in [0.2, 0.25) is 0 Å². The number of ether oxygens (including phenoxy) is 1. The van der Waals surface area contributed by atoms with Crippen LogP contribution in [0.25, 0.3) is 11.4 Å². The molecule has 108 valence electrons. The molecule has 6 nitrogen and oxygen atoms in total. The van der Waals surface area contributed by atoms with E-state index in [0.717, 1.165) is 10.0 Å². The predicted molar refractivity (Wildman–Crippen MR) is 78.1 cm³/mol. The summed E-state index contributed by atoms with van der Waals surface area (Å²) in [6.45, 7) is 0.608. The van der Waals surface area contributed by atoms with Gasteiger partial charge in [0.1, 0.15) is 0 Å². The Labute approximate surface area is 129 Å². The van der Waals surface area contributed by atoms with Crippen molar-refractivity contribution in [3.63, 3.8) is 0 Å². The maximum Gasteiger partial charge on any atom is 0.296 e. The van der Waals surface area contributed by atoms with Crippen molar-refractivity contribution in [1.29, 1.82) is 0 Å². The molecular formula is C11H11BrClN3O3S. The largest absolute Gasteiger partial charge is 0.383 e. The molecule has 0 aliphatic carbocycles. The van der Waals surface area contributed by atoms with Gasteiger partial charge in [-0.25, -0.2) is 8.42 Å². The second-order valence-electron chi connectivity index (χ2n) is 3.90. The molecule has 0 unspecified atom stereocenters. The van der Waals surface area contributed by atoms with Crippen LogP contribution in [-0.2, 0) is 20.3 Å². The van der Waals surface area contributed by atoms with Gasteiger partial charge in [0.15, 0.2) is 5.82 Å². The topological polar surface area (TPSA) is 74.1 Å². The van der Waals surface area contributed by atoms with Crippen LogP contribution in [0.1, 0.15) is 0 Å². The Kier molecular flexibility index (Phi) is 4.79. The van der Waals surface area contributed by atoms with Crippen molar-refractivity contribution in [2.75, 3.05) is 13.7 Å². The van der Waals surface area contributed by atoms with Crippen molar-refractivity contribution in [1.82, 2.24) is 14.8 Å². The zero-order valence-electron chi connectivity index (χ0n) is 10.5. The van der Waals surface area contributed by atoms with Crippen molar-refractivity contribution in [3.8, 4) is 11.4 Å². The normalized spacial score (nSPS) is 11.8. The maximum absolute atomic E-state index is 11.5. The lowest BCUT2D eigenvalue weighted by molar-refractivity contribution is 0.185. The highest BCUT2D eigenvalue weighted by molar-refractivity contribution is 9.10. The standard InChI is InChI=1S/C11H11BrClN3O3S/c1-19-7-6-16-10(8-2-4-9(12)5-3-8)14-15-11(16)20(13,17)18/h2-5H,6-7H2,1H3. The molecule has 1 heterocycles. The zero-order valence-corrected chi connectivity index (χ0v) is 13.6. The molecule has 0 bridgehead atoms. The fourth-order valence-electron chi connectivity index (χ4n) is 1.67. The second-order valence-corrected chi connectivity index (χ2v) is 7.27. The molecule has 0 spiro atoms. The third kappa shape index (κ3) is 3.38. The van der Waals surface area contributed by atoms with Gasteiger partial charge in [-0.2, -0.15) is 0 Å². The van der Waals surface area contributed by atoms with E-state index in [9.17, 15) is 8.42 Å². The van der Waals surface area contributed by atoms with Gasteiger partial charge in [-0.1, -0.05) is 28.1 Å². The van der Waals surface area contributed by atoms with Crippen LogP contribution >= 0.6 is 26.6 Å². The summed E-state index contributed by atoms with van der Waals surface area (Å²) < 4.78 is 30.3. The Morgan fingerprint density at radius 1 is 1.30 bits per heavy atom. The number of aromatic nitrogens is 3. The molecule has 2 aromatic rings. The Morgan fingerprint density at radius 3 is 2.50 bits per heavy atom. The van der Waals surface area contributed by atoms with Gasteiger partial charge in [-0.15, -0.1) is 10.2 Å². The van der Waals surface area contributed by atoms with Gasteiger partial charge in [-0.3, -0.25) is 4.57 Å². The number of hydrogen-bond acceptors (Lipinski definition) is 5. The minimum absolute atomic E-state index is 0.283. The van der Waals surface area contributed by atoms with E-state index in [0.29, 0.717) is 12.4 Å². The maximum atomic E-state index is 11.5. The van der Waals surface area contributed by atoms with Gasteiger partial charge >= 0.3 is 0 Å². The number of halogens is 2. The monoisotopic (exact) mass is 379 g/mol. The second kappa shape index (κ2) is 6.21. The summed E-state index contributed by atoms with van der Waals surface area (Å²) in [5.74, 6) is 0.425. The molecule has 20 heavy (non-hydrogen) atoms. The molecule has 0 saturated carbocycles. The molecule has 2 rings (SSSR count). The molecule has 1 aromatic heterocycles. The minimum atomic E-state index is -3.96. The van der Waals surface area contributed by atoms with Crippen LogP contribution < -0.4 is 0 Å². The van der Waals surface area contributed by atoms with Gasteiger partial charge in [0.25, 0.3) is 14.2 Å². The summed E-state index contributed by atoms with van der Waals surface area (Å²) in [5.41, 5.74) is 0.739. The fraction of sp³-hybridized carbons (Fsp3) is 0.273. The number of methoxy groups -OCH3 is 1. The van der Waals surface area contributed by atoms with E-state index in [2.05, 4.69) is 26.1 Å². The first kappa shape index (κ1) is 15.4. The van der Waals surface area contributed by atoms with Crippen LogP contribution in [0, 0.1) is 0 Å². The highest BCUT2D eigenvalue weighted by Gasteiger charge is 2.23. The van der Waals surface area contributed by atoms with Crippen LogP contribution in [0.3, 0.4) is 0 Å². The molecule has 0 aliphatic heterocycles. The van der Waals surface area contributed by atoms with E-state index in [1.54, 1.807) is 0 Å². The van der Waals surface area contributed by atoms with Crippen molar-refractivity contribution >= 4 is 35.7 Å². The molecule has 0 radical (unpaired) electrons. The fourth-order valence-corrected chi connectivity index (χ4v) is 2.85. The molecular weight excluding hydrogens is 370 g/mol. The van der Waals surface area contributed by atoms with Crippen LogP contribution in [0.5, 0.6) is 0 Å². The average molecular weight is 381 g/mol. The first-order chi connectivity index (χ1) is 9.43. The lowest BCUT2D eigenvalue weighted by atomic mass is 10.2. The minimum Gasteiger partial charge on any atom is -0.383 e. The SMILES string of the molecule is COCCn1c(-c2ccc(Br)cc2)nnc1S(=O)(=O)Cl. The van der Waals surface area contributed by atoms with Crippen molar-refractivity contribution in [2.45, 2.75) is 11.7 Å². The zero-order chi connectivity index (χ0) is 14.8. The summed E-state index contributed by atoms with van der Waals surface area (Å²) in [7, 11) is 2.93. The summed E-state index contributed by atoms with van der Waals surface area (Å²) >= 11 is 3.34. The molecule has 0 fully saturated rings. The lowest BCUT2D eigenvalue weighted by Gasteiger charge is -2.08. The van der Waals surface area contributed by atoms with Crippen molar-refractivity contribution < 1.29 is 13.2 Å². The molecule has 0 amide bonds. The third-order valence-corrected chi connectivity index (χ3v) is 4.24. The Hall–Kier alpha value is -0.960. The van der Waals surface area contributed by atoms with Crippen LogP contribution in [0.4, 0.5) is 0 Å². The van der Waals surface area contributed by atoms with E-state index >= 15 is 0 Å². The van der Waals surface area contributed by atoms with Gasteiger partial charge in [0.05, 0.1) is 13.2 Å². The van der Waals surface area contributed by atoms with E-state index < -0.39 is 9.05 Å². The predicted octanol–water partition coefficient (Wildman–Crippen LogP) is 2.28. The quantitative estimate of drug-likeness (QED) is 0.744. The summed E-state index contributed by atoms with van der Waals surface area (Å²) in [6, 6.07) is 7.28. The van der Waals surface area contributed by atoms with E-state index in [-0.39, 0.29) is 11.7 Å². The molecule has 0 aliphatic rings. The van der Waals surface area contributed by atoms with Gasteiger partial charge in [0.2, 0.25) is 0 Å². The number of hydrogen-bond donors (Lipinski definition) is 0. The molecule has 0 saturated heterocycles. The molecule has 0 N–H and O–H groups in total. The van der Waals surface area contributed by atoms with Crippen molar-refractivity contribution in [3.05, 3.63) is 28.7 Å². The van der Waals surface area contributed by atoms with Crippen molar-refractivity contribution in [2.24, 2.45) is 0 Å². The van der Waals surface area contributed by atoms with Gasteiger partial charge in [0, 0.05) is 27.8 Å². The Balaban J connectivity index is 2.53. The highest BCUT2D eigenvalue weighted by atomic mass is 79.9. The summed E-state index contributed by atoms with van der Waals surface area (Å²) in [6.07, 6.45) is 0. The Morgan fingerprint density at radius 2 is 1.95 bits per heavy atom. The number of benzene rings is 1. The molecule has 0 atom stereocenters. The third-order valence-electron chi connectivity index (χ3n) is 2.56. The number of rotatable bonds is 5. The average Bonchev–Trinajstić information content (AvgIpc) is 2.81. The first-order valence-electron chi connectivity index (χ1n) is 5.56.